The Kier molecular flexibility index (Phi) is 5.54. The lowest BCUT2D eigenvalue weighted by Crippen LogP contribution is -2.37. The number of hydrogen-bond acceptors (Lipinski definition) is 7. The Morgan fingerprint density at radius 2 is 1.96 bits per heavy atom. The number of carbonyl (C=O) groups is 1. The number of aryl methyl sites for hydroxylation is 1. The van der Waals surface area contributed by atoms with Crippen molar-refractivity contribution >= 4 is 22.8 Å². The Labute approximate surface area is 158 Å². The first kappa shape index (κ1) is 18.2. The van der Waals surface area contributed by atoms with Gasteiger partial charge in [0.25, 0.3) is 5.91 Å². The van der Waals surface area contributed by atoms with Crippen molar-refractivity contribution in [3.05, 3.63) is 17.7 Å². The van der Waals surface area contributed by atoms with Crippen LogP contribution in [0.15, 0.2) is 10.7 Å². The fourth-order valence-electron chi connectivity index (χ4n) is 3.92. The topological polar surface area (TPSA) is 83.7 Å². The molecule has 0 bridgehead atoms. The molecule has 8 heteroatoms. The van der Waals surface area contributed by atoms with Crippen LogP contribution in [0.25, 0.3) is 11.1 Å². The number of aromatic nitrogens is 2. The molecule has 8 nitrogen and oxygen atoms in total. The van der Waals surface area contributed by atoms with Crippen LogP contribution in [0.1, 0.15) is 35.4 Å². The number of ether oxygens (including phenoxy) is 1. The van der Waals surface area contributed by atoms with Crippen LogP contribution in [0.2, 0.25) is 0 Å². The van der Waals surface area contributed by atoms with Crippen molar-refractivity contribution in [3.8, 4) is 0 Å². The summed E-state index contributed by atoms with van der Waals surface area (Å²) in [6, 6.07) is 0. The third-order valence-electron chi connectivity index (χ3n) is 5.32. The first-order valence-electron chi connectivity index (χ1n) is 9.81. The Morgan fingerprint density at radius 1 is 1.19 bits per heavy atom. The highest BCUT2D eigenvalue weighted by atomic mass is 16.5. The van der Waals surface area contributed by atoms with Crippen molar-refractivity contribution in [1.29, 1.82) is 0 Å². The number of furan rings is 1. The summed E-state index contributed by atoms with van der Waals surface area (Å²) in [5, 5.41) is 3.75. The van der Waals surface area contributed by atoms with Crippen molar-refractivity contribution in [3.63, 3.8) is 0 Å². The molecule has 0 radical (unpaired) electrons. The first-order chi connectivity index (χ1) is 13.2. The number of rotatable bonds is 6. The Balaban J connectivity index is 1.49. The van der Waals surface area contributed by atoms with E-state index in [-0.39, 0.29) is 5.91 Å². The molecule has 0 aliphatic carbocycles. The standard InChI is InChI=1S/C19H27N5O3/c1-14-15(18(25)20-5-4-8-23-6-2-3-7-23)16-17(21-13-22-19(16)27-14)24-9-11-26-12-10-24/h13H,2-12H2,1H3,(H,20,25). The molecule has 0 aromatic carbocycles. The number of amides is 1. The molecule has 2 aliphatic heterocycles. The number of anilines is 1. The molecule has 0 saturated carbocycles. The maximum Gasteiger partial charge on any atom is 0.255 e. The van der Waals surface area contributed by atoms with E-state index >= 15 is 0 Å². The number of nitrogens with one attached hydrogen (secondary N) is 1. The van der Waals surface area contributed by atoms with E-state index in [1.54, 1.807) is 0 Å². The number of nitrogens with zero attached hydrogens (tertiary/aromatic N) is 4. The maximum atomic E-state index is 12.9. The van der Waals surface area contributed by atoms with Gasteiger partial charge in [-0.25, -0.2) is 9.97 Å². The van der Waals surface area contributed by atoms with Gasteiger partial charge in [-0.3, -0.25) is 4.79 Å². The summed E-state index contributed by atoms with van der Waals surface area (Å²) in [5.74, 6) is 1.22. The molecule has 2 fully saturated rings. The summed E-state index contributed by atoms with van der Waals surface area (Å²) in [6.07, 6.45) is 5.02. The highest BCUT2D eigenvalue weighted by Gasteiger charge is 2.25. The van der Waals surface area contributed by atoms with Gasteiger partial charge >= 0.3 is 0 Å². The summed E-state index contributed by atoms with van der Waals surface area (Å²) >= 11 is 0. The zero-order valence-electron chi connectivity index (χ0n) is 15.9. The molecule has 0 spiro atoms. The molecule has 2 aromatic rings. The van der Waals surface area contributed by atoms with Crippen molar-refractivity contribution in [2.45, 2.75) is 26.2 Å². The van der Waals surface area contributed by atoms with Crippen molar-refractivity contribution < 1.29 is 13.9 Å². The van der Waals surface area contributed by atoms with Crippen LogP contribution in [-0.4, -0.2) is 73.3 Å². The third kappa shape index (κ3) is 3.91. The van der Waals surface area contributed by atoms with Gasteiger partial charge in [0.05, 0.1) is 24.2 Å². The van der Waals surface area contributed by atoms with Gasteiger partial charge in [-0.05, 0) is 45.8 Å². The molecule has 1 amide bonds. The van der Waals surface area contributed by atoms with Gasteiger partial charge in [0, 0.05) is 19.6 Å². The van der Waals surface area contributed by atoms with Crippen LogP contribution in [0.4, 0.5) is 5.82 Å². The molecule has 2 aliphatic rings. The maximum absolute atomic E-state index is 12.9. The summed E-state index contributed by atoms with van der Waals surface area (Å²) < 4.78 is 11.2. The Hall–Kier alpha value is -2.19. The van der Waals surface area contributed by atoms with Crippen LogP contribution in [0.5, 0.6) is 0 Å². The van der Waals surface area contributed by atoms with Gasteiger partial charge in [-0.15, -0.1) is 0 Å². The van der Waals surface area contributed by atoms with Gasteiger partial charge in [0.15, 0.2) is 0 Å². The average Bonchev–Trinajstić information content (AvgIpc) is 3.32. The van der Waals surface area contributed by atoms with E-state index in [0.29, 0.717) is 42.2 Å². The van der Waals surface area contributed by atoms with E-state index in [0.717, 1.165) is 31.9 Å². The van der Waals surface area contributed by atoms with Gasteiger partial charge in [0.2, 0.25) is 5.71 Å². The van der Waals surface area contributed by atoms with Crippen molar-refractivity contribution in [2.24, 2.45) is 0 Å². The van der Waals surface area contributed by atoms with E-state index in [1.165, 1.54) is 32.3 Å². The van der Waals surface area contributed by atoms with Crippen LogP contribution in [0, 0.1) is 6.92 Å². The number of carbonyl (C=O) groups excluding carboxylic acids is 1. The molecule has 2 saturated heterocycles. The van der Waals surface area contributed by atoms with Crippen LogP contribution >= 0.6 is 0 Å². The zero-order valence-corrected chi connectivity index (χ0v) is 15.9. The van der Waals surface area contributed by atoms with Crippen molar-refractivity contribution in [2.75, 3.05) is 57.4 Å². The van der Waals surface area contributed by atoms with E-state index in [1.807, 2.05) is 6.92 Å². The van der Waals surface area contributed by atoms with E-state index in [2.05, 4.69) is 25.1 Å². The molecule has 146 valence electrons. The predicted molar refractivity (Wildman–Crippen MR) is 102 cm³/mol. The second-order valence-electron chi connectivity index (χ2n) is 7.17. The second kappa shape index (κ2) is 8.22. The summed E-state index contributed by atoms with van der Waals surface area (Å²) in [7, 11) is 0. The lowest BCUT2D eigenvalue weighted by Gasteiger charge is -2.28. The molecular weight excluding hydrogens is 346 g/mol. The number of likely N-dealkylation sites (tertiary alicyclic amines) is 1. The predicted octanol–water partition coefficient (Wildman–Crippen LogP) is 1.58. The minimum absolute atomic E-state index is 0.114. The highest BCUT2D eigenvalue weighted by molar-refractivity contribution is 6.10. The van der Waals surface area contributed by atoms with Crippen LogP contribution < -0.4 is 10.2 Å². The Morgan fingerprint density at radius 3 is 2.74 bits per heavy atom. The molecule has 27 heavy (non-hydrogen) atoms. The minimum atomic E-state index is -0.114. The number of fused-ring (bicyclic) bond motifs is 1. The third-order valence-corrected chi connectivity index (χ3v) is 5.32. The van der Waals surface area contributed by atoms with E-state index in [4.69, 9.17) is 9.15 Å². The summed E-state index contributed by atoms with van der Waals surface area (Å²) in [6.45, 7) is 8.65. The zero-order chi connectivity index (χ0) is 18.6. The monoisotopic (exact) mass is 373 g/mol. The van der Waals surface area contributed by atoms with E-state index < -0.39 is 0 Å². The first-order valence-corrected chi connectivity index (χ1v) is 9.81. The van der Waals surface area contributed by atoms with Gasteiger partial charge in [-0.1, -0.05) is 0 Å². The van der Waals surface area contributed by atoms with Gasteiger partial charge in [-0.2, -0.15) is 0 Å². The molecule has 4 rings (SSSR count). The molecule has 0 unspecified atom stereocenters. The van der Waals surface area contributed by atoms with Crippen LogP contribution in [-0.2, 0) is 4.74 Å². The largest absolute Gasteiger partial charge is 0.442 e. The van der Waals surface area contributed by atoms with Crippen molar-refractivity contribution in [1.82, 2.24) is 20.2 Å². The lowest BCUT2D eigenvalue weighted by molar-refractivity contribution is 0.0952. The fourth-order valence-corrected chi connectivity index (χ4v) is 3.92. The fraction of sp³-hybridized carbons (Fsp3) is 0.632. The summed E-state index contributed by atoms with van der Waals surface area (Å²) in [5.41, 5.74) is 1.01. The molecule has 0 atom stereocenters. The number of hydrogen-bond donors (Lipinski definition) is 1. The second-order valence-corrected chi connectivity index (χ2v) is 7.17. The van der Waals surface area contributed by atoms with E-state index in [9.17, 15) is 4.79 Å². The molecule has 4 heterocycles. The SMILES string of the molecule is Cc1oc2ncnc(N3CCOCC3)c2c1C(=O)NCCCN1CCCC1. The molecule has 1 N–H and O–H groups in total. The number of morpholine rings is 1. The van der Waals surface area contributed by atoms with Gasteiger partial charge < -0.3 is 24.3 Å². The smallest absolute Gasteiger partial charge is 0.255 e. The normalized spacial score (nSPS) is 18.3. The molecular formula is C19H27N5O3. The highest BCUT2D eigenvalue weighted by Crippen LogP contribution is 2.31. The van der Waals surface area contributed by atoms with Crippen LogP contribution in [0.3, 0.4) is 0 Å². The van der Waals surface area contributed by atoms with Gasteiger partial charge in [0.1, 0.15) is 17.9 Å². The quantitative estimate of drug-likeness (QED) is 0.770. The minimum Gasteiger partial charge on any atom is -0.442 e. The lowest BCUT2D eigenvalue weighted by atomic mass is 10.1. The Bertz CT molecular complexity index is 794. The average molecular weight is 373 g/mol. The summed E-state index contributed by atoms with van der Waals surface area (Å²) in [4.78, 5) is 26.1. The molecule has 2 aromatic heterocycles.